The Hall–Kier alpha value is -4.81. The van der Waals surface area contributed by atoms with E-state index in [0.717, 1.165) is 62.3 Å². The van der Waals surface area contributed by atoms with Crippen molar-refractivity contribution < 1.29 is 19.2 Å². The Kier molecular flexibility index (Phi) is 8.90. The molecule has 4 fully saturated rings. The van der Waals surface area contributed by atoms with Gasteiger partial charge in [0.2, 0.25) is 11.8 Å². The zero-order chi connectivity index (χ0) is 36.2. The van der Waals surface area contributed by atoms with Gasteiger partial charge in [0.25, 0.3) is 11.8 Å². The molecule has 4 saturated heterocycles. The van der Waals surface area contributed by atoms with E-state index in [4.69, 9.17) is 0 Å². The van der Waals surface area contributed by atoms with Crippen molar-refractivity contribution in [1.82, 2.24) is 29.6 Å². The molecule has 4 amide bonds. The molecule has 0 spiro atoms. The standard InChI is InChI=1S/C41H48N8O4/c1-44-35-8-14-42-26-34(35)31-4-2-30(25-37(31)44)47-18-12-28(13-19-47)46-16-10-27(11-17-46)9-15-45-20-22-48(23-21-45)29-3-5-32-33(24-29)41(53)49(40(32)52)36-6-7-38(50)43-39(36)51/h2-5,8,14,24-28,36H,6-7,9-13,15-23H2,1H3,(H,43,50,51). The monoisotopic (exact) mass is 716 g/mol. The van der Waals surface area contributed by atoms with E-state index in [2.05, 4.69) is 65.8 Å². The molecule has 5 aliphatic rings. The zero-order valence-corrected chi connectivity index (χ0v) is 30.5. The summed E-state index contributed by atoms with van der Waals surface area (Å²) in [5.74, 6) is -1.09. The van der Waals surface area contributed by atoms with Gasteiger partial charge in [-0.05, 0) is 100 Å². The Morgan fingerprint density at radius 1 is 0.717 bits per heavy atom. The van der Waals surface area contributed by atoms with Gasteiger partial charge in [0.15, 0.2) is 0 Å². The SMILES string of the molecule is Cn1c2ccncc2c2ccc(N3CCC(N4CCC(CCN5CCN(c6ccc7c(c6)C(=O)N(C6CCC(=O)NC6=O)C7=O)CC5)CC4)CC3)cc21. The van der Waals surface area contributed by atoms with E-state index >= 15 is 0 Å². The number of likely N-dealkylation sites (tertiary alicyclic amines) is 1. The van der Waals surface area contributed by atoms with Crippen molar-refractivity contribution in [2.45, 2.75) is 57.0 Å². The summed E-state index contributed by atoms with van der Waals surface area (Å²) in [4.78, 5) is 66.0. The van der Waals surface area contributed by atoms with Gasteiger partial charge < -0.3 is 19.3 Å². The lowest BCUT2D eigenvalue weighted by atomic mass is 9.91. The van der Waals surface area contributed by atoms with Crippen LogP contribution >= 0.6 is 0 Å². The highest BCUT2D eigenvalue weighted by Gasteiger charge is 2.45. The number of amides is 4. The maximum atomic E-state index is 13.3. The van der Waals surface area contributed by atoms with Gasteiger partial charge in [0.05, 0.1) is 22.2 Å². The lowest BCUT2D eigenvalue weighted by Gasteiger charge is -2.43. The molecular weight excluding hydrogens is 669 g/mol. The van der Waals surface area contributed by atoms with Crippen LogP contribution in [0, 0.1) is 5.92 Å². The third-order valence-corrected chi connectivity index (χ3v) is 12.8. The Balaban J connectivity index is 0.718. The summed E-state index contributed by atoms with van der Waals surface area (Å²) in [6, 6.07) is 14.2. The third kappa shape index (κ3) is 6.25. The predicted molar refractivity (Wildman–Crippen MR) is 204 cm³/mol. The molecular formula is C41H48N8O4. The highest BCUT2D eigenvalue weighted by atomic mass is 16.2. The largest absolute Gasteiger partial charge is 0.371 e. The number of aryl methyl sites for hydroxylation is 1. The van der Waals surface area contributed by atoms with Crippen LogP contribution in [0.25, 0.3) is 21.8 Å². The number of benzene rings is 2. The van der Waals surface area contributed by atoms with E-state index in [1.807, 2.05) is 18.5 Å². The topological polar surface area (TPSA) is 114 Å². The molecule has 12 nitrogen and oxygen atoms in total. The van der Waals surface area contributed by atoms with E-state index in [9.17, 15) is 19.2 Å². The van der Waals surface area contributed by atoms with Gasteiger partial charge >= 0.3 is 0 Å². The molecule has 1 N–H and O–H groups in total. The van der Waals surface area contributed by atoms with Gasteiger partial charge in [0.1, 0.15) is 6.04 Å². The smallest absolute Gasteiger partial charge is 0.262 e. The number of rotatable bonds is 7. The van der Waals surface area contributed by atoms with Crippen molar-refractivity contribution in [3.05, 3.63) is 66.0 Å². The number of hydrogen-bond acceptors (Lipinski definition) is 9. The molecule has 53 heavy (non-hydrogen) atoms. The molecule has 1 unspecified atom stereocenters. The fourth-order valence-electron chi connectivity index (χ4n) is 9.59. The zero-order valence-electron chi connectivity index (χ0n) is 30.5. The van der Waals surface area contributed by atoms with Gasteiger partial charge in [-0.2, -0.15) is 0 Å². The molecule has 5 aliphatic heterocycles. The number of piperidine rings is 3. The average Bonchev–Trinajstić information content (AvgIpc) is 3.62. The van der Waals surface area contributed by atoms with Crippen molar-refractivity contribution in [3.63, 3.8) is 0 Å². The van der Waals surface area contributed by atoms with Crippen LogP contribution in [0.15, 0.2) is 54.9 Å². The predicted octanol–water partition coefficient (Wildman–Crippen LogP) is 4.02. The molecule has 0 radical (unpaired) electrons. The van der Waals surface area contributed by atoms with Crippen molar-refractivity contribution >= 4 is 56.8 Å². The first-order valence-corrected chi connectivity index (χ1v) is 19.5. The van der Waals surface area contributed by atoms with Crippen LogP contribution in [0.3, 0.4) is 0 Å². The summed E-state index contributed by atoms with van der Waals surface area (Å²) in [7, 11) is 2.15. The number of nitrogens with one attached hydrogen (secondary N) is 1. The van der Waals surface area contributed by atoms with Crippen LogP contribution in [-0.2, 0) is 16.6 Å². The van der Waals surface area contributed by atoms with Crippen molar-refractivity contribution in [1.29, 1.82) is 0 Å². The molecule has 0 bridgehead atoms. The number of anilines is 2. The molecule has 2 aromatic heterocycles. The Morgan fingerprint density at radius 3 is 2.21 bits per heavy atom. The first kappa shape index (κ1) is 34.0. The number of piperazine rings is 1. The maximum absolute atomic E-state index is 13.3. The Labute approximate surface area is 309 Å². The van der Waals surface area contributed by atoms with Gasteiger partial charge in [-0.25, -0.2) is 0 Å². The van der Waals surface area contributed by atoms with Gasteiger partial charge in [-0.3, -0.25) is 39.3 Å². The van der Waals surface area contributed by atoms with E-state index in [1.165, 1.54) is 72.7 Å². The van der Waals surface area contributed by atoms with Crippen LogP contribution in [0.2, 0.25) is 0 Å². The van der Waals surface area contributed by atoms with E-state index in [1.54, 1.807) is 12.1 Å². The minimum atomic E-state index is -0.945. The fourth-order valence-corrected chi connectivity index (χ4v) is 9.59. The van der Waals surface area contributed by atoms with E-state index in [0.29, 0.717) is 17.2 Å². The first-order chi connectivity index (χ1) is 25.8. The molecule has 276 valence electrons. The molecule has 4 aromatic rings. The summed E-state index contributed by atoms with van der Waals surface area (Å²) in [6.45, 7) is 9.40. The quantitative estimate of drug-likeness (QED) is 0.284. The molecule has 12 heteroatoms. The summed E-state index contributed by atoms with van der Waals surface area (Å²) in [5, 5.41) is 4.75. The van der Waals surface area contributed by atoms with Crippen molar-refractivity contribution in [2.75, 3.05) is 68.7 Å². The summed E-state index contributed by atoms with van der Waals surface area (Å²) in [6.07, 6.45) is 10.4. The summed E-state index contributed by atoms with van der Waals surface area (Å²) >= 11 is 0. The summed E-state index contributed by atoms with van der Waals surface area (Å²) < 4.78 is 2.29. The maximum Gasteiger partial charge on any atom is 0.262 e. The Morgan fingerprint density at radius 2 is 1.43 bits per heavy atom. The molecule has 9 rings (SSSR count). The number of aromatic nitrogens is 2. The lowest BCUT2D eigenvalue weighted by molar-refractivity contribution is -0.136. The molecule has 7 heterocycles. The number of carbonyl (C=O) groups is 4. The number of imide groups is 2. The second-order valence-corrected chi connectivity index (χ2v) is 15.6. The normalized spacial score (nSPS) is 22.7. The van der Waals surface area contributed by atoms with Crippen molar-refractivity contribution in [2.24, 2.45) is 13.0 Å². The van der Waals surface area contributed by atoms with Gasteiger partial charge in [-0.1, -0.05) is 6.07 Å². The fraction of sp³-hybridized carbons (Fsp3) is 0.488. The van der Waals surface area contributed by atoms with Crippen molar-refractivity contribution in [3.8, 4) is 0 Å². The lowest BCUT2D eigenvalue weighted by Crippen LogP contribution is -2.54. The third-order valence-electron chi connectivity index (χ3n) is 12.8. The minimum absolute atomic E-state index is 0.114. The number of nitrogens with zero attached hydrogens (tertiary/aromatic N) is 7. The van der Waals surface area contributed by atoms with Crippen LogP contribution < -0.4 is 15.1 Å². The average molecular weight is 717 g/mol. The number of fused-ring (bicyclic) bond motifs is 4. The van der Waals surface area contributed by atoms with Crippen LogP contribution in [0.4, 0.5) is 11.4 Å². The molecule has 0 saturated carbocycles. The first-order valence-electron chi connectivity index (χ1n) is 19.5. The highest BCUT2D eigenvalue weighted by Crippen LogP contribution is 2.34. The molecule has 2 aromatic carbocycles. The Bertz CT molecular complexity index is 2090. The number of carbonyl (C=O) groups excluding carboxylic acids is 4. The number of hydrogen-bond donors (Lipinski definition) is 1. The minimum Gasteiger partial charge on any atom is -0.371 e. The van der Waals surface area contributed by atoms with Gasteiger partial charge in [-0.15, -0.1) is 0 Å². The van der Waals surface area contributed by atoms with Gasteiger partial charge in [0, 0.05) is 93.3 Å². The van der Waals surface area contributed by atoms with Crippen LogP contribution in [-0.4, -0.2) is 119 Å². The summed E-state index contributed by atoms with van der Waals surface area (Å²) in [5.41, 5.74) is 5.42. The number of pyridine rings is 1. The van der Waals surface area contributed by atoms with Crippen LogP contribution in [0.1, 0.15) is 65.7 Å². The second kappa shape index (κ2) is 13.9. The highest BCUT2D eigenvalue weighted by molar-refractivity contribution is 6.23. The molecule has 1 atom stereocenters. The second-order valence-electron chi connectivity index (χ2n) is 15.6. The van der Waals surface area contributed by atoms with E-state index < -0.39 is 23.8 Å². The van der Waals surface area contributed by atoms with E-state index in [-0.39, 0.29) is 18.7 Å². The van der Waals surface area contributed by atoms with Crippen LogP contribution in [0.5, 0.6) is 0 Å². The molecule has 0 aliphatic carbocycles.